The molecule has 0 atom stereocenters. The van der Waals surface area contributed by atoms with Crippen LogP contribution in [0.3, 0.4) is 0 Å². The van der Waals surface area contributed by atoms with Gasteiger partial charge in [0.15, 0.2) is 0 Å². The molecule has 0 aliphatic carbocycles. The van der Waals surface area contributed by atoms with Crippen molar-refractivity contribution in [3.05, 3.63) is 218 Å². The number of hydrogen-bond acceptors (Lipinski definition) is 12. The second kappa shape index (κ2) is 28.1. The fourth-order valence-electron chi connectivity index (χ4n) is 7.02. The molecular formula is C58H56N2O10. The molecule has 0 heterocycles. The van der Waals surface area contributed by atoms with Crippen molar-refractivity contribution in [2.24, 2.45) is 0 Å². The van der Waals surface area contributed by atoms with Crippen LogP contribution in [0.1, 0.15) is 11.1 Å². The van der Waals surface area contributed by atoms with E-state index in [0.717, 1.165) is 80.7 Å². The lowest BCUT2D eigenvalue weighted by molar-refractivity contribution is -0.141. The van der Waals surface area contributed by atoms with Gasteiger partial charge in [-0.3, -0.25) is 0 Å². The number of benzene rings is 6. The predicted molar refractivity (Wildman–Crippen MR) is 273 cm³/mol. The largest absolute Gasteiger partial charge is 0.462 e. The summed E-state index contributed by atoms with van der Waals surface area (Å²) in [6.45, 7) is 8.75. The number of carbonyl (C=O) groups excluding carboxylic acids is 4. The summed E-state index contributed by atoms with van der Waals surface area (Å²) < 4.78 is 30.9. The number of para-hydroxylation sites is 2. The Morgan fingerprint density at radius 1 is 0.357 bits per heavy atom. The topological polar surface area (TPSA) is 130 Å². The summed E-state index contributed by atoms with van der Waals surface area (Å²) in [6.07, 6.45) is 8.39. The van der Waals surface area contributed by atoms with E-state index in [0.29, 0.717) is 26.1 Å². The quantitative estimate of drug-likeness (QED) is 0.0160. The first kappa shape index (κ1) is 51.1. The zero-order chi connectivity index (χ0) is 49.2. The maximum Gasteiger partial charge on any atom is 0.331 e. The van der Waals surface area contributed by atoms with Gasteiger partial charge < -0.3 is 38.2 Å². The molecule has 12 nitrogen and oxygen atoms in total. The van der Waals surface area contributed by atoms with Crippen LogP contribution in [0, 0.1) is 0 Å². The molecule has 0 fully saturated rings. The monoisotopic (exact) mass is 940 g/mol. The smallest absolute Gasteiger partial charge is 0.331 e. The zero-order valence-corrected chi connectivity index (χ0v) is 38.9. The molecule has 70 heavy (non-hydrogen) atoms. The number of hydrogen-bond donors (Lipinski definition) is 0. The average Bonchev–Trinajstić information content (AvgIpc) is 3.39. The summed E-state index contributed by atoms with van der Waals surface area (Å²) in [6, 6.07) is 53.4. The van der Waals surface area contributed by atoms with Crippen molar-refractivity contribution < 1.29 is 47.6 Å². The summed E-state index contributed by atoms with van der Waals surface area (Å²) in [5, 5.41) is 0. The third-order valence-corrected chi connectivity index (χ3v) is 10.4. The third kappa shape index (κ3) is 16.5. The Kier molecular flexibility index (Phi) is 20.5. The molecule has 0 aromatic heterocycles. The Bertz CT molecular complexity index is 2460. The lowest BCUT2D eigenvalue weighted by atomic mass is 10.0. The van der Waals surface area contributed by atoms with Gasteiger partial charge in [-0.05, 0) is 95.1 Å². The van der Waals surface area contributed by atoms with E-state index in [9.17, 15) is 19.2 Å². The zero-order valence-electron chi connectivity index (χ0n) is 38.9. The summed E-state index contributed by atoms with van der Waals surface area (Å²) >= 11 is 0. The van der Waals surface area contributed by atoms with E-state index in [1.54, 1.807) is 12.2 Å². The molecule has 0 aliphatic rings. The molecule has 12 heteroatoms. The maximum atomic E-state index is 12.2. The van der Waals surface area contributed by atoms with E-state index in [2.05, 4.69) is 95.8 Å². The molecule has 0 spiro atoms. The maximum absolute atomic E-state index is 12.2. The van der Waals surface area contributed by atoms with Crippen molar-refractivity contribution in [3.8, 4) is 11.1 Å². The first-order chi connectivity index (χ1) is 34.3. The highest BCUT2D eigenvalue weighted by Crippen LogP contribution is 2.38. The molecule has 6 aromatic rings. The van der Waals surface area contributed by atoms with Gasteiger partial charge >= 0.3 is 23.9 Å². The number of ether oxygens (including phenoxy) is 6. The van der Waals surface area contributed by atoms with E-state index >= 15 is 0 Å². The van der Waals surface area contributed by atoms with Gasteiger partial charge in [0, 0.05) is 71.3 Å². The lowest BCUT2D eigenvalue weighted by Gasteiger charge is -2.26. The fraction of sp³-hybridized carbons (Fsp3) is 0.172. The Balaban J connectivity index is 1.06. The summed E-state index contributed by atoms with van der Waals surface area (Å²) in [5.41, 5.74) is 9.98. The van der Waals surface area contributed by atoms with Gasteiger partial charge in [-0.15, -0.1) is 13.2 Å². The summed E-state index contributed by atoms with van der Waals surface area (Å²) in [7, 11) is 0. The molecule has 0 aliphatic heterocycles. The number of rotatable bonds is 27. The van der Waals surface area contributed by atoms with Gasteiger partial charge in [0.25, 0.3) is 0 Å². The molecule has 6 aromatic carbocycles. The second-order valence-corrected chi connectivity index (χ2v) is 15.3. The van der Waals surface area contributed by atoms with E-state index < -0.39 is 23.9 Å². The molecule has 0 unspecified atom stereocenters. The molecule has 0 saturated carbocycles. The van der Waals surface area contributed by atoms with Gasteiger partial charge in [-0.1, -0.05) is 97.1 Å². The molecule has 0 saturated heterocycles. The minimum absolute atomic E-state index is 0.0745. The first-order valence-corrected chi connectivity index (χ1v) is 22.8. The van der Waals surface area contributed by atoms with Crippen LogP contribution < -0.4 is 9.80 Å². The Labute approximate surface area is 409 Å². The van der Waals surface area contributed by atoms with Crippen LogP contribution in [-0.2, 0) is 60.4 Å². The van der Waals surface area contributed by atoms with Crippen LogP contribution in [-0.4, -0.2) is 76.7 Å². The fourth-order valence-corrected chi connectivity index (χ4v) is 7.02. The average molecular weight is 941 g/mol. The van der Waals surface area contributed by atoms with E-state index in [1.165, 1.54) is 0 Å². The van der Waals surface area contributed by atoms with Crippen molar-refractivity contribution in [2.75, 3.05) is 62.7 Å². The van der Waals surface area contributed by atoms with Gasteiger partial charge in [0.05, 0.1) is 39.6 Å². The highest BCUT2D eigenvalue weighted by atomic mass is 16.6. The normalized spacial score (nSPS) is 10.9. The molecule has 0 amide bonds. The van der Waals surface area contributed by atoms with Crippen molar-refractivity contribution >= 4 is 58.0 Å². The number of carbonyl (C=O) groups is 4. The number of nitrogens with zero attached hydrogens (tertiary/aromatic N) is 2. The molecule has 6 rings (SSSR count). The van der Waals surface area contributed by atoms with Crippen LogP contribution in [0.25, 0.3) is 11.1 Å². The SMILES string of the molecule is C=CCOCCOC(=O)/C=C/C(=O)OCCc1ccc(N(c2ccccc2)c2ccc(-c3ccc(N(c4ccccc4)c4ccc(CCOC(=O)/C=C/C(=O)OCCOCC=C)cc4)cc3)cc2)cc1. The Morgan fingerprint density at radius 2 is 0.643 bits per heavy atom. The van der Waals surface area contributed by atoms with Crippen LogP contribution >= 0.6 is 0 Å². The molecule has 0 radical (unpaired) electrons. The lowest BCUT2D eigenvalue weighted by Crippen LogP contribution is -2.11. The molecule has 0 N–H and O–H groups in total. The third-order valence-electron chi connectivity index (χ3n) is 10.4. The van der Waals surface area contributed by atoms with Crippen LogP contribution in [0.4, 0.5) is 34.1 Å². The van der Waals surface area contributed by atoms with Crippen LogP contribution in [0.5, 0.6) is 0 Å². The van der Waals surface area contributed by atoms with Gasteiger partial charge in [-0.2, -0.15) is 0 Å². The highest BCUT2D eigenvalue weighted by molar-refractivity contribution is 5.92. The van der Waals surface area contributed by atoms with Crippen LogP contribution in [0.15, 0.2) is 207 Å². The van der Waals surface area contributed by atoms with Crippen molar-refractivity contribution in [2.45, 2.75) is 12.8 Å². The van der Waals surface area contributed by atoms with Crippen molar-refractivity contribution in [3.63, 3.8) is 0 Å². The van der Waals surface area contributed by atoms with Gasteiger partial charge in [-0.25, -0.2) is 19.2 Å². The van der Waals surface area contributed by atoms with E-state index in [-0.39, 0.29) is 39.6 Å². The first-order valence-electron chi connectivity index (χ1n) is 22.8. The minimum atomic E-state index is -0.650. The standard InChI is InChI=1S/C58H56N2O10/c1-3-37-65-41-43-69-57(63)33-31-55(61)67-39-35-45-15-23-51(24-16-45)59(49-11-7-5-8-12-49)53-27-19-47(20-28-53)48-21-29-54(30-22-48)60(50-13-9-6-10-14-50)52-25-17-46(18-26-52)36-40-68-56(62)32-34-58(64)70-44-42-66-38-4-2/h3-34H,1-2,35-44H2/b33-31+,34-32+. The highest BCUT2D eigenvalue weighted by Gasteiger charge is 2.15. The predicted octanol–water partition coefficient (Wildman–Crippen LogP) is 11.1. The number of anilines is 6. The number of esters is 4. The van der Waals surface area contributed by atoms with Crippen molar-refractivity contribution in [1.29, 1.82) is 0 Å². The molecule has 358 valence electrons. The Hall–Kier alpha value is -8.32. The van der Waals surface area contributed by atoms with Gasteiger partial charge in [0.2, 0.25) is 0 Å². The Morgan fingerprint density at radius 3 is 0.957 bits per heavy atom. The summed E-state index contributed by atoms with van der Waals surface area (Å²) in [5.74, 6) is -2.56. The van der Waals surface area contributed by atoms with Crippen molar-refractivity contribution in [1.82, 2.24) is 0 Å². The minimum Gasteiger partial charge on any atom is -0.462 e. The van der Waals surface area contributed by atoms with Gasteiger partial charge in [0.1, 0.15) is 13.2 Å². The van der Waals surface area contributed by atoms with Crippen LogP contribution in [0.2, 0.25) is 0 Å². The summed E-state index contributed by atoms with van der Waals surface area (Å²) in [4.78, 5) is 52.4. The second-order valence-electron chi connectivity index (χ2n) is 15.3. The van der Waals surface area contributed by atoms with E-state index in [1.807, 2.05) is 84.9 Å². The van der Waals surface area contributed by atoms with E-state index in [4.69, 9.17) is 28.4 Å². The molecular weight excluding hydrogens is 885 g/mol. The molecule has 0 bridgehead atoms.